The summed E-state index contributed by atoms with van der Waals surface area (Å²) < 4.78 is 12.6. The zero-order chi connectivity index (χ0) is 18.0. The van der Waals surface area contributed by atoms with E-state index in [0.29, 0.717) is 6.61 Å². The molecule has 3 atom stereocenters. The molecule has 130 valence electrons. The van der Waals surface area contributed by atoms with Crippen molar-refractivity contribution in [3.8, 4) is 11.8 Å². The minimum atomic E-state index is -0.501. The van der Waals surface area contributed by atoms with E-state index in [4.69, 9.17) is 9.47 Å². The molecular weight excluding hydrogens is 320 g/mol. The molecule has 26 heavy (non-hydrogen) atoms. The van der Waals surface area contributed by atoms with Gasteiger partial charge < -0.3 is 9.47 Å². The van der Waals surface area contributed by atoms with Crippen molar-refractivity contribution in [2.24, 2.45) is 0 Å². The van der Waals surface area contributed by atoms with Crippen LogP contribution >= 0.6 is 0 Å². The van der Waals surface area contributed by atoms with Crippen LogP contribution in [0.3, 0.4) is 0 Å². The van der Waals surface area contributed by atoms with Gasteiger partial charge >= 0.3 is 0 Å². The molecule has 2 bridgehead atoms. The summed E-state index contributed by atoms with van der Waals surface area (Å²) in [4.78, 5) is 0. The van der Waals surface area contributed by atoms with Crippen LogP contribution in [0.2, 0.25) is 0 Å². The van der Waals surface area contributed by atoms with Crippen molar-refractivity contribution < 1.29 is 9.47 Å². The number of benzene rings is 2. The lowest BCUT2D eigenvalue weighted by molar-refractivity contribution is -0.133. The largest absolute Gasteiger partial charge is 0.365 e. The molecule has 0 fully saturated rings. The zero-order valence-electron chi connectivity index (χ0n) is 15.1. The Kier molecular flexibility index (Phi) is 4.28. The van der Waals surface area contributed by atoms with Crippen LogP contribution in [0, 0.1) is 11.8 Å². The van der Waals surface area contributed by atoms with Crippen molar-refractivity contribution in [1.82, 2.24) is 0 Å². The Morgan fingerprint density at radius 3 is 2.35 bits per heavy atom. The fraction of sp³-hybridized carbons (Fsp3) is 0.250. The molecule has 2 aliphatic heterocycles. The average molecular weight is 342 g/mol. The maximum Gasteiger partial charge on any atom is 0.123 e. The average Bonchev–Trinajstić information content (AvgIpc) is 2.92. The summed E-state index contributed by atoms with van der Waals surface area (Å²) in [5, 5.41) is 0. The van der Waals surface area contributed by atoms with Gasteiger partial charge in [-0.15, -0.1) is 0 Å². The van der Waals surface area contributed by atoms with Crippen molar-refractivity contribution in [3.05, 3.63) is 95.6 Å². The zero-order valence-corrected chi connectivity index (χ0v) is 15.1. The van der Waals surface area contributed by atoms with Gasteiger partial charge in [0.15, 0.2) is 0 Å². The second kappa shape index (κ2) is 6.61. The normalized spacial score (nSPS) is 29.0. The third kappa shape index (κ3) is 3.37. The molecule has 0 unspecified atom stereocenters. The first-order valence-electron chi connectivity index (χ1n) is 8.92. The highest BCUT2D eigenvalue weighted by Crippen LogP contribution is 2.43. The van der Waals surface area contributed by atoms with E-state index in [9.17, 15) is 0 Å². The molecule has 0 aliphatic carbocycles. The molecule has 0 radical (unpaired) electrons. The topological polar surface area (TPSA) is 18.5 Å². The standard InChI is InChI=1S/C24H22O2/c1-23-15-16-24(2,26-23)22(25-18-20-11-7-4-8-12-20)21(17-23)14-13-19-9-5-3-6-10-19/h3-12,15-17,22H,18H2,1-2H3/t22-,23+,24-/m1/s1. The third-order valence-electron chi connectivity index (χ3n) is 4.81. The Hall–Kier alpha value is -2.60. The van der Waals surface area contributed by atoms with Gasteiger partial charge in [0.1, 0.15) is 17.3 Å². The van der Waals surface area contributed by atoms with Gasteiger partial charge in [0, 0.05) is 11.1 Å². The van der Waals surface area contributed by atoms with Crippen LogP contribution in [0.15, 0.2) is 84.5 Å². The summed E-state index contributed by atoms with van der Waals surface area (Å²) >= 11 is 0. The Balaban J connectivity index is 1.63. The van der Waals surface area contributed by atoms with Crippen LogP contribution in [-0.4, -0.2) is 17.3 Å². The number of hydrogen-bond acceptors (Lipinski definition) is 2. The molecule has 0 N–H and O–H groups in total. The first-order chi connectivity index (χ1) is 12.6. The molecule has 2 aromatic carbocycles. The summed E-state index contributed by atoms with van der Waals surface area (Å²) in [6.07, 6.45) is 6.06. The number of fused-ring (bicyclic) bond motifs is 2. The molecule has 2 heteroatoms. The van der Waals surface area contributed by atoms with E-state index >= 15 is 0 Å². The van der Waals surface area contributed by atoms with Crippen LogP contribution in [0.1, 0.15) is 25.0 Å². The second-order valence-electron chi connectivity index (χ2n) is 7.20. The van der Waals surface area contributed by atoms with Crippen LogP contribution in [0.25, 0.3) is 0 Å². The Morgan fingerprint density at radius 1 is 0.923 bits per heavy atom. The molecule has 0 spiro atoms. The molecule has 2 nitrogen and oxygen atoms in total. The summed E-state index contributed by atoms with van der Waals surface area (Å²) in [6, 6.07) is 20.2. The van der Waals surface area contributed by atoms with E-state index in [1.165, 1.54) is 0 Å². The second-order valence-corrected chi connectivity index (χ2v) is 7.20. The summed E-state index contributed by atoms with van der Waals surface area (Å²) in [6.45, 7) is 4.66. The molecule has 0 amide bonds. The fourth-order valence-corrected chi connectivity index (χ4v) is 3.56. The first-order valence-corrected chi connectivity index (χ1v) is 8.92. The Morgan fingerprint density at radius 2 is 1.62 bits per heavy atom. The van der Waals surface area contributed by atoms with E-state index in [1.54, 1.807) is 0 Å². The van der Waals surface area contributed by atoms with Crippen LogP contribution < -0.4 is 0 Å². The molecule has 0 saturated carbocycles. The van der Waals surface area contributed by atoms with E-state index in [-0.39, 0.29) is 6.10 Å². The summed E-state index contributed by atoms with van der Waals surface area (Å²) in [5.74, 6) is 6.61. The van der Waals surface area contributed by atoms with Crippen molar-refractivity contribution in [1.29, 1.82) is 0 Å². The Bertz CT molecular complexity index is 901. The van der Waals surface area contributed by atoms with Crippen LogP contribution in [0.4, 0.5) is 0 Å². The highest BCUT2D eigenvalue weighted by molar-refractivity contribution is 5.49. The Labute approximate surface area is 155 Å². The molecule has 2 aromatic rings. The lowest BCUT2D eigenvalue weighted by Crippen LogP contribution is -2.48. The third-order valence-corrected chi connectivity index (χ3v) is 4.81. The highest BCUT2D eigenvalue weighted by Gasteiger charge is 2.49. The van der Waals surface area contributed by atoms with Gasteiger partial charge in [0.25, 0.3) is 0 Å². The fourth-order valence-electron chi connectivity index (χ4n) is 3.56. The van der Waals surface area contributed by atoms with E-state index in [2.05, 4.69) is 56.0 Å². The van der Waals surface area contributed by atoms with Crippen LogP contribution in [0.5, 0.6) is 0 Å². The quantitative estimate of drug-likeness (QED) is 0.596. The molecule has 0 aromatic heterocycles. The molecule has 2 aliphatic rings. The van der Waals surface area contributed by atoms with Crippen molar-refractivity contribution in [2.45, 2.75) is 37.8 Å². The van der Waals surface area contributed by atoms with Gasteiger partial charge in [-0.05, 0) is 37.6 Å². The maximum atomic E-state index is 6.30. The predicted octanol–water partition coefficient (Wildman–Crippen LogP) is 4.67. The van der Waals surface area contributed by atoms with Crippen molar-refractivity contribution in [2.75, 3.05) is 0 Å². The predicted molar refractivity (Wildman–Crippen MR) is 103 cm³/mol. The molecular formula is C24H22O2. The van der Waals surface area contributed by atoms with E-state index in [1.807, 2.05) is 48.5 Å². The van der Waals surface area contributed by atoms with Crippen LogP contribution in [-0.2, 0) is 16.1 Å². The summed E-state index contributed by atoms with van der Waals surface area (Å²) in [7, 11) is 0. The van der Waals surface area contributed by atoms with Crippen molar-refractivity contribution in [3.63, 3.8) is 0 Å². The minimum Gasteiger partial charge on any atom is -0.365 e. The highest BCUT2D eigenvalue weighted by atomic mass is 16.6. The lowest BCUT2D eigenvalue weighted by Gasteiger charge is -2.40. The SMILES string of the molecule is C[C@@]12C=C[C@@](C)(O1)[C@H](OCc1ccccc1)C(C#Cc1ccccc1)=C2. The van der Waals surface area contributed by atoms with Gasteiger partial charge in [-0.2, -0.15) is 0 Å². The molecule has 4 rings (SSSR count). The monoisotopic (exact) mass is 342 g/mol. The van der Waals surface area contributed by atoms with Crippen molar-refractivity contribution >= 4 is 0 Å². The van der Waals surface area contributed by atoms with Gasteiger partial charge in [-0.1, -0.05) is 72.5 Å². The van der Waals surface area contributed by atoms with E-state index < -0.39 is 11.2 Å². The lowest BCUT2D eigenvalue weighted by atomic mass is 9.89. The van der Waals surface area contributed by atoms with Gasteiger partial charge in [0.05, 0.1) is 6.61 Å². The van der Waals surface area contributed by atoms with Gasteiger partial charge in [0.2, 0.25) is 0 Å². The number of ether oxygens (including phenoxy) is 2. The first kappa shape index (κ1) is 16.8. The maximum absolute atomic E-state index is 6.30. The minimum absolute atomic E-state index is 0.231. The van der Waals surface area contributed by atoms with E-state index in [0.717, 1.165) is 16.7 Å². The van der Waals surface area contributed by atoms with Gasteiger partial charge in [-0.25, -0.2) is 0 Å². The number of hydrogen-bond donors (Lipinski definition) is 0. The summed E-state index contributed by atoms with van der Waals surface area (Å²) in [5.41, 5.74) is 2.20. The van der Waals surface area contributed by atoms with Gasteiger partial charge in [-0.3, -0.25) is 0 Å². The number of rotatable bonds is 3. The smallest absolute Gasteiger partial charge is 0.123 e. The molecule has 0 saturated heterocycles. The molecule has 2 heterocycles.